The molecule has 14 heavy (non-hydrogen) atoms. The topological polar surface area (TPSA) is 52.3 Å². The second-order valence-corrected chi connectivity index (χ2v) is 4.19. The van der Waals surface area contributed by atoms with E-state index in [2.05, 4.69) is 6.92 Å². The fraction of sp³-hybridized carbons (Fsp3) is 0.909. The highest BCUT2D eigenvalue weighted by Gasteiger charge is 2.40. The number of rotatable bonds is 3. The van der Waals surface area contributed by atoms with E-state index in [-0.39, 0.29) is 17.4 Å². The molecule has 2 N–H and O–H groups in total. The maximum Gasteiger partial charge on any atom is 0.312 e. The van der Waals surface area contributed by atoms with Gasteiger partial charge in [-0.3, -0.25) is 4.79 Å². The second-order valence-electron chi connectivity index (χ2n) is 4.19. The van der Waals surface area contributed by atoms with E-state index in [1.54, 1.807) is 0 Å². The lowest BCUT2D eigenvalue weighted by Gasteiger charge is -2.36. The minimum Gasteiger partial charge on any atom is -0.466 e. The average Bonchev–Trinajstić information content (AvgIpc) is 2.20. The summed E-state index contributed by atoms with van der Waals surface area (Å²) in [7, 11) is 0. The Labute approximate surface area is 86.0 Å². The summed E-state index contributed by atoms with van der Waals surface area (Å²) in [6.45, 7) is 4.40. The number of carbonyl (C=O) groups is 1. The van der Waals surface area contributed by atoms with Crippen molar-refractivity contribution in [2.45, 2.75) is 52.0 Å². The largest absolute Gasteiger partial charge is 0.466 e. The first-order chi connectivity index (χ1) is 6.64. The highest BCUT2D eigenvalue weighted by atomic mass is 16.5. The Kier molecular flexibility index (Phi) is 3.93. The molecular formula is C11H21NO2. The quantitative estimate of drug-likeness (QED) is 0.706. The van der Waals surface area contributed by atoms with Crippen LogP contribution >= 0.6 is 0 Å². The van der Waals surface area contributed by atoms with E-state index in [0.717, 1.165) is 32.1 Å². The molecule has 3 heteroatoms. The van der Waals surface area contributed by atoms with Crippen LogP contribution in [0.2, 0.25) is 0 Å². The van der Waals surface area contributed by atoms with Crippen molar-refractivity contribution in [1.82, 2.24) is 0 Å². The van der Waals surface area contributed by atoms with Crippen molar-refractivity contribution >= 4 is 5.97 Å². The lowest BCUT2D eigenvalue weighted by molar-refractivity contribution is -0.158. The van der Waals surface area contributed by atoms with Gasteiger partial charge in [0, 0.05) is 6.04 Å². The molecule has 0 spiro atoms. The van der Waals surface area contributed by atoms with Gasteiger partial charge in [0.15, 0.2) is 0 Å². The monoisotopic (exact) mass is 199 g/mol. The zero-order valence-corrected chi connectivity index (χ0v) is 9.21. The fourth-order valence-corrected chi connectivity index (χ4v) is 2.18. The molecule has 0 aromatic heterocycles. The molecule has 0 atom stereocenters. The fourth-order valence-electron chi connectivity index (χ4n) is 2.18. The van der Waals surface area contributed by atoms with E-state index in [4.69, 9.17) is 10.5 Å². The standard InChI is InChI=1S/C11H21NO2/c1-3-11(10(13)14-4-2)7-5-9(12)6-8-11/h9H,3-8,12H2,1-2H3. The van der Waals surface area contributed by atoms with Crippen LogP contribution in [-0.4, -0.2) is 18.6 Å². The SMILES string of the molecule is CCOC(=O)C1(CC)CCC(N)CC1. The van der Waals surface area contributed by atoms with Gasteiger partial charge in [0.05, 0.1) is 12.0 Å². The minimum atomic E-state index is -0.230. The Morgan fingerprint density at radius 1 is 1.43 bits per heavy atom. The Morgan fingerprint density at radius 2 is 2.00 bits per heavy atom. The smallest absolute Gasteiger partial charge is 0.312 e. The van der Waals surface area contributed by atoms with Crippen LogP contribution in [0.3, 0.4) is 0 Å². The van der Waals surface area contributed by atoms with Gasteiger partial charge in [-0.25, -0.2) is 0 Å². The molecule has 0 radical (unpaired) electrons. The first kappa shape index (κ1) is 11.5. The summed E-state index contributed by atoms with van der Waals surface area (Å²) < 4.78 is 5.13. The molecule has 0 amide bonds. The van der Waals surface area contributed by atoms with Crippen molar-refractivity contribution in [1.29, 1.82) is 0 Å². The van der Waals surface area contributed by atoms with E-state index in [0.29, 0.717) is 6.61 Å². The van der Waals surface area contributed by atoms with Crippen LogP contribution < -0.4 is 5.73 Å². The Hall–Kier alpha value is -0.570. The van der Waals surface area contributed by atoms with E-state index >= 15 is 0 Å². The Morgan fingerprint density at radius 3 is 2.43 bits per heavy atom. The summed E-state index contributed by atoms with van der Waals surface area (Å²) >= 11 is 0. The summed E-state index contributed by atoms with van der Waals surface area (Å²) in [5, 5.41) is 0. The molecule has 0 aromatic carbocycles. The zero-order chi connectivity index (χ0) is 10.6. The van der Waals surface area contributed by atoms with E-state index < -0.39 is 0 Å². The maximum absolute atomic E-state index is 11.8. The number of nitrogens with two attached hydrogens (primary N) is 1. The predicted molar refractivity (Wildman–Crippen MR) is 55.8 cm³/mol. The van der Waals surface area contributed by atoms with Crippen LogP contribution in [-0.2, 0) is 9.53 Å². The second kappa shape index (κ2) is 4.78. The van der Waals surface area contributed by atoms with Crippen LogP contribution in [0.25, 0.3) is 0 Å². The molecular weight excluding hydrogens is 178 g/mol. The van der Waals surface area contributed by atoms with Gasteiger partial charge in [0.25, 0.3) is 0 Å². The van der Waals surface area contributed by atoms with Crippen LogP contribution in [0.1, 0.15) is 46.0 Å². The molecule has 1 rings (SSSR count). The molecule has 1 saturated carbocycles. The maximum atomic E-state index is 11.8. The first-order valence-electron chi connectivity index (χ1n) is 5.57. The third-order valence-corrected chi connectivity index (χ3v) is 3.37. The van der Waals surface area contributed by atoms with Crippen molar-refractivity contribution < 1.29 is 9.53 Å². The highest BCUT2D eigenvalue weighted by Crippen LogP contribution is 2.39. The molecule has 3 nitrogen and oxygen atoms in total. The third-order valence-electron chi connectivity index (χ3n) is 3.37. The summed E-state index contributed by atoms with van der Waals surface area (Å²) in [5.41, 5.74) is 5.60. The molecule has 0 saturated heterocycles. The van der Waals surface area contributed by atoms with Crippen molar-refractivity contribution in [3.63, 3.8) is 0 Å². The molecule has 1 aliphatic rings. The molecule has 0 aromatic rings. The molecule has 0 heterocycles. The molecule has 1 aliphatic carbocycles. The normalized spacial score (nSPS) is 32.6. The summed E-state index contributed by atoms with van der Waals surface area (Å²) in [4.78, 5) is 11.8. The van der Waals surface area contributed by atoms with Gasteiger partial charge in [-0.15, -0.1) is 0 Å². The van der Waals surface area contributed by atoms with Gasteiger partial charge in [0.1, 0.15) is 0 Å². The molecule has 82 valence electrons. The van der Waals surface area contributed by atoms with Gasteiger partial charge in [-0.1, -0.05) is 6.92 Å². The number of carbonyl (C=O) groups excluding carboxylic acids is 1. The molecule has 0 unspecified atom stereocenters. The van der Waals surface area contributed by atoms with Crippen LogP contribution in [0.5, 0.6) is 0 Å². The van der Waals surface area contributed by atoms with Gasteiger partial charge >= 0.3 is 5.97 Å². The lowest BCUT2D eigenvalue weighted by atomic mass is 9.71. The van der Waals surface area contributed by atoms with Crippen molar-refractivity contribution in [3.05, 3.63) is 0 Å². The predicted octanol–water partition coefficient (Wildman–Crippen LogP) is 1.85. The van der Waals surface area contributed by atoms with Crippen LogP contribution in [0, 0.1) is 5.41 Å². The summed E-state index contributed by atoms with van der Waals surface area (Å²) in [6.07, 6.45) is 4.56. The first-order valence-corrected chi connectivity index (χ1v) is 5.57. The Balaban J connectivity index is 2.62. The zero-order valence-electron chi connectivity index (χ0n) is 9.21. The van der Waals surface area contributed by atoms with Crippen molar-refractivity contribution in [3.8, 4) is 0 Å². The van der Waals surface area contributed by atoms with E-state index in [1.807, 2.05) is 6.92 Å². The van der Waals surface area contributed by atoms with E-state index in [9.17, 15) is 4.79 Å². The number of hydrogen-bond donors (Lipinski definition) is 1. The van der Waals surface area contributed by atoms with E-state index in [1.165, 1.54) is 0 Å². The molecule has 0 aliphatic heterocycles. The number of hydrogen-bond acceptors (Lipinski definition) is 3. The van der Waals surface area contributed by atoms with Crippen LogP contribution in [0.15, 0.2) is 0 Å². The average molecular weight is 199 g/mol. The number of esters is 1. The number of ether oxygens (including phenoxy) is 1. The lowest BCUT2D eigenvalue weighted by Crippen LogP contribution is -2.40. The van der Waals surface area contributed by atoms with Crippen molar-refractivity contribution in [2.75, 3.05) is 6.61 Å². The van der Waals surface area contributed by atoms with Gasteiger partial charge in [-0.05, 0) is 39.0 Å². The van der Waals surface area contributed by atoms with Crippen LogP contribution in [0.4, 0.5) is 0 Å². The van der Waals surface area contributed by atoms with Gasteiger partial charge < -0.3 is 10.5 Å². The molecule has 1 fully saturated rings. The summed E-state index contributed by atoms with van der Waals surface area (Å²) in [5.74, 6) is -0.0191. The Bertz CT molecular complexity index is 195. The minimum absolute atomic E-state index is 0.0191. The third kappa shape index (κ3) is 2.27. The summed E-state index contributed by atoms with van der Waals surface area (Å²) in [6, 6.07) is 0.282. The van der Waals surface area contributed by atoms with Gasteiger partial charge in [0.2, 0.25) is 0 Å². The van der Waals surface area contributed by atoms with Crippen molar-refractivity contribution in [2.24, 2.45) is 11.1 Å². The highest BCUT2D eigenvalue weighted by molar-refractivity contribution is 5.76. The molecule has 0 bridgehead atoms. The van der Waals surface area contributed by atoms with Gasteiger partial charge in [-0.2, -0.15) is 0 Å².